The second kappa shape index (κ2) is 17.1. The molecule has 0 aromatic rings. The van der Waals surface area contributed by atoms with E-state index in [4.69, 9.17) is 14.9 Å². The molecule has 0 aromatic heterocycles. The Labute approximate surface area is 178 Å². The third kappa shape index (κ3) is 11.6. The Balaban J connectivity index is -0.00000288. The molecule has 0 aromatic carbocycles. The number of esters is 1. The van der Waals surface area contributed by atoms with Crippen LogP contribution in [0.1, 0.15) is 59.7 Å². The first-order valence-corrected chi connectivity index (χ1v) is 8.90. The van der Waals surface area contributed by atoms with Gasteiger partial charge in [0.25, 0.3) is 5.78 Å². The van der Waals surface area contributed by atoms with Crippen LogP contribution in [0.15, 0.2) is 0 Å². The van der Waals surface area contributed by atoms with E-state index in [-0.39, 0.29) is 37.6 Å². The molecule has 8 nitrogen and oxygen atoms in total. The first-order valence-electron chi connectivity index (χ1n) is 8.90. The van der Waals surface area contributed by atoms with Crippen molar-refractivity contribution in [1.82, 2.24) is 0 Å². The van der Waals surface area contributed by atoms with Crippen molar-refractivity contribution in [3.8, 4) is 0 Å². The van der Waals surface area contributed by atoms with E-state index in [1.807, 2.05) is 0 Å². The van der Waals surface area contributed by atoms with Gasteiger partial charge in [0, 0.05) is 0 Å². The number of hydrogen-bond acceptors (Lipinski definition) is 8. The van der Waals surface area contributed by atoms with E-state index < -0.39 is 42.8 Å². The van der Waals surface area contributed by atoms with E-state index >= 15 is 0 Å². The van der Waals surface area contributed by atoms with Gasteiger partial charge in [-0.15, -0.1) is 0 Å². The largest absolute Gasteiger partial charge is 1.00 e. The Morgan fingerprint density at radius 3 is 1.88 bits per heavy atom. The van der Waals surface area contributed by atoms with Crippen LogP contribution in [0.25, 0.3) is 0 Å². The first kappa shape index (κ1) is 28.2. The van der Waals surface area contributed by atoms with Crippen molar-refractivity contribution in [3.63, 3.8) is 0 Å². The van der Waals surface area contributed by atoms with Crippen LogP contribution in [-0.4, -0.2) is 74.9 Å². The second-order valence-electron chi connectivity index (χ2n) is 6.15. The standard InChI is InChI=1S/C17H32O8.Na.H/c1-2-3-4-5-6-7-8-9-10-25-17(24)16(23)15(22)14(21)13(20)12(19)11-18;;/h12-15,18-22H,2-11H2,1H3;;/q;+1;-1/t12-,13-,14+,15-;;/m1../s1. The number of aliphatic hydroxyl groups excluding tert-OH is 5. The van der Waals surface area contributed by atoms with E-state index in [1.165, 1.54) is 25.7 Å². The summed E-state index contributed by atoms with van der Waals surface area (Å²) in [5.74, 6) is -2.71. The monoisotopic (exact) mass is 388 g/mol. The molecule has 0 aliphatic heterocycles. The van der Waals surface area contributed by atoms with Gasteiger partial charge in [0.1, 0.15) is 18.3 Å². The summed E-state index contributed by atoms with van der Waals surface area (Å²) < 4.78 is 4.73. The zero-order valence-electron chi connectivity index (χ0n) is 16.8. The number of carbonyl (C=O) groups excluding carboxylic acids is 2. The van der Waals surface area contributed by atoms with E-state index in [9.17, 15) is 24.9 Å². The number of hydrogen-bond donors (Lipinski definition) is 5. The summed E-state index contributed by atoms with van der Waals surface area (Å²) in [5.41, 5.74) is 0. The first-order chi connectivity index (χ1) is 11.9. The Morgan fingerprint density at radius 1 is 0.885 bits per heavy atom. The van der Waals surface area contributed by atoms with Gasteiger partial charge in [-0.1, -0.05) is 51.9 Å². The number of carbonyl (C=O) groups is 2. The maximum absolute atomic E-state index is 11.6. The van der Waals surface area contributed by atoms with Crippen LogP contribution >= 0.6 is 0 Å². The van der Waals surface area contributed by atoms with Gasteiger partial charge < -0.3 is 31.7 Å². The predicted octanol–water partition coefficient (Wildman–Crippen LogP) is -3.21. The van der Waals surface area contributed by atoms with Gasteiger partial charge in [-0.05, 0) is 6.42 Å². The van der Waals surface area contributed by atoms with Gasteiger partial charge in [-0.3, -0.25) is 4.79 Å². The summed E-state index contributed by atoms with van der Waals surface area (Å²) in [7, 11) is 0. The van der Waals surface area contributed by atoms with Crippen LogP contribution in [0.4, 0.5) is 0 Å². The molecule has 9 heteroatoms. The van der Waals surface area contributed by atoms with Crippen LogP contribution < -0.4 is 29.6 Å². The SMILES string of the molecule is CCCCCCCCCCOC(=O)C(=O)[C@H](O)[C@@H](O)[C@H](O)[C@H](O)CO.[H-].[Na+]. The normalized spacial score (nSPS) is 15.5. The van der Waals surface area contributed by atoms with Gasteiger partial charge in [0.05, 0.1) is 13.2 Å². The summed E-state index contributed by atoms with van der Waals surface area (Å²) in [4.78, 5) is 23.1. The predicted molar refractivity (Wildman–Crippen MR) is 90.8 cm³/mol. The van der Waals surface area contributed by atoms with Crippen molar-refractivity contribution in [2.45, 2.75) is 82.7 Å². The molecule has 0 unspecified atom stereocenters. The molecule has 150 valence electrons. The minimum Gasteiger partial charge on any atom is -1.00 e. The number of Topliss-reactive ketones (excluding diaryl/α,β-unsaturated/α-hetero) is 1. The Bertz CT molecular complexity index is 386. The molecule has 0 fully saturated rings. The quantitative estimate of drug-likeness (QED) is 0.0853. The Morgan fingerprint density at radius 2 is 1.38 bits per heavy atom. The van der Waals surface area contributed by atoms with E-state index in [0.29, 0.717) is 6.42 Å². The van der Waals surface area contributed by atoms with Gasteiger partial charge in [-0.25, -0.2) is 4.79 Å². The molecule has 4 atom stereocenters. The number of unbranched alkanes of at least 4 members (excludes halogenated alkanes) is 7. The zero-order chi connectivity index (χ0) is 19.2. The van der Waals surface area contributed by atoms with Crippen molar-refractivity contribution < 1.29 is 70.8 Å². The average Bonchev–Trinajstić information content (AvgIpc) is 2.63. The molecule has 5 N–H and O–H groups in total. The van der Waals surface area contributed by atoms with Crippen LogP contribution in [0.3, 0.4) is 0 Å². The molecule has 0 saturated carbocycles. The van der Waals surface area contributed by atoms with E-state index in [0.717, 1.165) is 19.3 Å². The van der Waals surface area contributed by atoms with Crippen LogP contribution in [0.5, 0.6) is 0 Å². The molecule has 0 heterocycles. The number of rotatable bonds is 15. The second-order valence-corrected chi connectivity index (χ2v) is 6.15. The van der Waals surface area contributed by atoms with Crippen molar-refractivity contribution in [2.75, 3.05) is 13.2 Å². The van der Waals surface area contributed by atoms with E-state index in [1.54, 1.807) is 0 Å². The molecule has 0 aliphatic carbocycles. The molecule has 0 spiro atoms. The van der Waals surface area contributed by atoms with Crippen molar-refractivity contribution in [1.29, 1.82) is 0 Å². The number of aliphatic hydroxyl groups is 5. The number of ether oxygens (including phenoxy) is 1. The van der Waals surface area contributed by atoms with Crippen LogP contribution in [0.2, 0.25) is 0 Å². The minimum atomic E-state index is -2.23. The van der Waals surface area contributed by atoms with Crippen molar-refractivity contribution >= 4 is 11.8 Å². The molecule has 0 rings (SSSR count). The van der Waals surface area contributed by atoms with Crippen LogP contribution in [0, 0.1) is 0 Å². The summed E-state index contributed by atoms with van der Waals surface area (Å²) in [5, 5.41) is 46.3. The fourth-order valence-electron chi connectivity index (χ4n) is 2.27. The summed E-state index contributed by atoms with van der Waals surface area (Å²) in [6, 6.07) is 0. The molecular formula is C17H33NaO8. The summed E-state index contributed by atoms with van der Waals surface area (Å²) in [6.07, 6.45) is 0.360. The fraction of sp³-hybridized carbons (Fsp3) is 0.882. The van der Waals surface area contributed by atoms with Gasteiger partial charge >= 0.3 is 35.5 Å². The summed E-state index contributed by atoms with van der Waals surface area (Å²) in [6.45, 7) is 1.31. The third-order valence-electron chi connectivity index (χ3n) is 3.96. The maximum Gasteiger partial charge on any atom is 1.00 e. The Hall–Kier alpha value is -0.0600. The average molecular weight is 388 g/mol. The number of ketones is 1. The van der Waals surface area contributed by atoms with Crippen molar-refractivity contribution in [2.24, 2.45) is 0 Å². The Kier molecular flexibility index (Phi) is 18.5. The molecule has 0 aliphatic rings. The molecule has 0 amide bonds. The molecule has 0 radical (unpaired) electrons. The summed E-state index contributed by atoms with van der Waals surface area (Å²) >= 11 is 0. The molecule has 0 saturated heterocycles. The third-order valence-corrected chi connectivity index (χ3v) is 3.96. The zero-order valence-corrected chi connectivity index (χ0v) is 17.8. The van der Waals surface area contributed by atoms with E-state index in [2.05, 4.69) is 6.92 Å². The topological polar surface area (TPSA) is 145 Å². The molecular weight excluding hydrogens is 355 g/mol. The smallest absolute Gasteiger partial charge is 1.00 e. The van der Waals surface area contributed by atoms with Crippen molar-refractivity contribution in [3.05, 3.63) is 0 Å². The maximum atomic E-state index is 11.6. The molecule has 0 bridgehead atoms. The van der Waals surface area contributed by atoms with Gasteiger partial charge in [0.2, 0.25) is 0 Å². The minimum absolute atomic E-state index is 0. The molecule has 26 heavy (non-hydrogen) atoms. The fourth-order valence-corrected chi connectivity index (χ4v) is 2.27. The van der Waals surface area contributed by atoms with Gasteiger partial charge in [-0.2, -0.15) is 0 Å². The van der Waals surface area contributed by atoms with Gasteiger partial charge in [0.15, 0.2) is 6.10 Å². The van der Waals surface area contributed by atoms with Crippen LogP contribution in [-0.2, 0) is 14.3 Å².